The van der Waals surface area contributed by atoms with Crippen LogP contribution in [0.5, 0.6) is 0 Å². The van der Waals surface area contributed by atoms with Crippen molar-refractivity contribution < 1.29 is 64.9 Å². The highest BCUT2D eigenvalue weighted by Crippen LogP contribution is 2.32. The molecule has 0 radical (unpaired) electrons. The van der Waals surface area contributed by atoms with Crippen molar-refractivity contribution in [2.24, 2.45) is 17.8 Å². The third-order valence-corrected chi connectivity index (χ3v) is 7.90. The summed E-state index contributed by atoms with van der Waals surface area (Å²) in [6, 6.07) is 0. The molecule has 15 atom stereocenters. The Morgan fingerprint density at radius 3 is 1.52 bits per heavy atom. The molecule has 0 unspecified atom stereocenters. The van der Waals surface area contributed by atoms with E-state index in [4.69, 9.17) is 18.9 Å². The van der Waals surface area contributed by atoms with Gasteiger partial charge in [-0.3, -0.25) is 0 Å². The molecular weight excluding hydrogens is 532 g/mol. The van der Waals surface area contributed by atoms with Crippen molar-refractivity contribution in [2.45, 2.75) is 141 Å². The summed E-state index contributed by atoms with van der Waals surface area (Å²) in [5.41, 5.74) is 0. The molecule has 3 fully saturated rings. The van der Waals surface area contributed by atoms with Crippen LogP contribution in [0.3, 0.4) is 0 Å². The Morgan fingerprint density at radius 2 is 1.07 bits per heavy atom. The maximum absolute atomic E-state index is 10.4. The third-order valence-electron chi connectivity index (χ3n) is 7.90. The van der Waals surface area contributed by atoms with Crippen molar-refractivity contribution in [1.82, 2.24) is 0 Å². The lowest BCUT2D eigenvalue weighted by molar-refractivity contribution is -0.337. The molecule has 3 heterocycles. The SMILES string of the molecule is C.CC(C)[C@H]1O[C@H](CO)[C@@H](O[C@H]2O[C@H](CO)[C@@H](C)[C@H](O)[C@H]2O)[C@H](O)[C@H]1O.CC[C@H]1O[C@@H](C(C)C)[C@H](O)[C@@H](O)[C@H]1O. The smallest absolute Gasteiger partial charge is 0.187 e. The standard InChI is InChI=1S/C16H30O9.C10H20O4.CH4/c1-6(2)14-11(20)12(21)15(9(5-18)23-14)25-16-13(22)10(19)7(3)8(4-17)24-16;1-4-6-7(11)8(12)9(13)10(14-6)5(2)3;/h6-22H,4-5H2,1-3H3;5-13H,4H2,1-3H3;1H4/t7-,8-,9-,10+,11-,12-,13-,14-,15-,16-;6-,7+,8+,9-,10+;/m11./s1. The summed E-state index contributed by atoms with van der Waals surface area (Å²) < 4.78 is 22.2. The highest BCUT2D eigenvalue weighted by Gasteiger charge is 2.50. The van der Waals surface area contributed by atoms with Gasteiger partial charge in [0.2, 0.25) is 0 Å². The molecule has 40 heavy (non-hydrogen) atoms. The van der Waals surface area contributed by atoms with Crippen molar-refractivity contribution in [1.29, 1.82) is 0 Å². The Kier molecular flexibility index (Phi) is 15.3. The zero-order valence-corrected chi connectivity index (χ0v) is 23.6. The van der Waals surface area contributed by atoms with Crippen molar-refractivity contribution >= 4 is 0 Å². The summed E-state index contributed by atoms with van der Waals surface area (Å²) in [7, 11) is 0. The van der Waals surface area contributed by atoms with Crippen LogP contribution in [0.1, 0.15) is 55.4 Å². The lowest BCUT2D eigenvalue weighted by atomic mass is 9.88. The second kappa shape index (κ2) is 16.4. The quantitative estimate of drug-likeness (QED) is 0.160. The second-order valence-corrected chi connectivity index (χ2v) is 11.5. The van der Waals surface area contributed by atoms with Gasteiger partial charge in [0.15, 0.2) is 6.29 Å². The molecule has 0 aromatic rings. The lowest BCUT2D eigenvalue weighted by Crippen LogP contribution is -2.63. The largest absolute Gasteiger partial charge is 0.394 e. The maximum Gasteiger partial charge on any atom is 0.187 e. The molecule has 9 N–H and O–H groups in total. The van der Waals surface area contributed by atoms with E-state index < -0.39 is 92.1 Å². The van der Waals surface area contributed by atoms with Crippen molar-refractivity contribution in [3.8, 4) is 0 Å². The molecular formula is C27H54O13. The minimum Gasteiger partial charge on any atom is -0.394 e. The maximum atomic E-state index is 10.4. The van der Waals surface area contributed by atoms with Crippen LogP contribution in [-0.4, -0.2) is 145 Å². The van der Waals surface area contributed by atoms with Gasteiger partial charge in [-0.2, -0.15) is 0 Å². The molecule has 0 aromatic carbocycles. The first-order chi connectivity index (χ1) is 18.2. The van der Waals surface area contributed by atoms with Gasteiger partial charge in [0.05, 0.1) is 43.7 Å². The average Bonchev–Trinajstić information content (AvgIpc) is 2.90. The Balaban J connectivity index is 0.000000454. The summed E-state index contributed by atoms with van der Waals surface area (Å²) in [4.78, 5) is 0. The van der Waals surface area contributed by atoms with Gasteiger partial charge in [-0.25, -0.2) is 0 Å². The van der Waals surface area contributed by atoms with Gasteiger partial charge in [-0.05, 0) is 18.3 Å². The lowest BCUT2D eigenvalue weighted by Gasteiger charge is -2.47. The van der Waals surface area contributed by atoms with E-state index in [9.17, 15) is 46.0 Å². The number of hydrogen-bond acceptors (Lipinski definition) is 13. The fourth-order valence-electron chi connectivity index (χ4n) is 5.25. The van der Waals surface area contributed by atoms with Gasteiger partial charge in [0.1, 0.15) is 48.8 Å². The highest BCUT2D eigenvalue weighted by atomic mass is 16.7. The molecule has 3 aliphatic heterocycles. The first-order valence-corrected chi connectivity index (χ1v) is 13.8. The molecule has 3 saturated heterocycles. The van der Waals surface area contributed by atoms with E-state index in [1.54, 1.807) is 6.92 Å². The summed E-state index contributed by atoms with van der Waals surface area (Å²) >= 11 is 0. The van der Waals surface area contributed by atoms with Crippen LogP contribution in [0.2, 0.25) is 0 Å². The fourth-order valence-corrected chi connectivity index (χ4v) is 5.25. The van der Waals surface area contributed by atoms with Crippen LogP contribution in [-0.2, 0) is 18.9 Å². The van der Waals surface area contributed by atoms with E-state index in [-0.39, 0.29) is 32.0 Å². The van der Waals surface area contributed by atoms with Crippen molar-refractivity contribution in [2.75, 3.05) is 13.2 Å². The predicted molar refractivity (Wildman–Crippen MR) is 143 cm³/mol. The Labute approximate surface area is 237 Å². The molecule has 0 bridgehead atoms. The summed E-state index contributed by atoms with van der Waals surface area (Å²) in [6.07, 6.45) is -13.3. The van der Waals surface area contributed by atoms with Crippen LogP contribution < -0.4 is 0 Å². The van der Waals surface area contributed by atoms with E-state index >= 15 is 0 Å². The third kappa shape index (κ3) is 8.31. The van der Waals surface area contributed by atoms with Gasteiger partial charge in [-0.1, -0.05) is 49.0 Å². The Bertz CT molecular complexity index is 706. The normalized spacial score (nSPS) is 46.0. The summed E-state index contributed by atoms with van der Waals surface area (Å²) in [5, 5.41) is 88.6. The van der Waals surface area contributed by atoms with E-state index in [1.807, 2.05) is 34.6 Å². The fraction of sp³-hybridized carbons (Fsp3) is 1.00. The second-order valence-electron chi connectivity index (χ2n) is 11.5. The van der Waals surface area contributed by atoms with Crippen LogP contribution in [0, 0.1) is 17.8 Å². The first-order valence-electron chi connectivity index (χ1n) is 13.8. The van der Waals surface area contributed by atoms with Gasteiger partial charge in [-0.15, -0.1) is 0 Å². The number of aliphatic hydroxyl groups excluding tert-OH is 9. The van der Waals surface area contributed by atoms with Crippen LogP contribution in [0.15, 0.2) is 0 Å². The Hall–Kier alpha value is -0.520. The van der Waals surface area contributed by atoms with Gasteiger partial charge in [0, 0.05) is 5.92 Å². The van der Waals surface area contributed by atoms with E-state index in [0.29, 0.717) is 6.42 Å². The van der Waals surface area contributed by atoms with Gasteiger partial charge >= 0.3 is 0 Å². The number of ether oxygens (including phenoxy) is 4. The van der Waals surface area contributed by atoms with Crippen LogP contribution in [0.4, 0.5) is 0 Å². The monoisotopic (exact) mass is 586 g/mol. The highest BCUT2D eigenvalue weighted by molar-refractivity contribution is 4.96. The molecule has 3 rings (SSSR count). The molecule has 13 heteroatoms. The molecule has 0 amide bonds. The molecule has 240 valence electrons. The van der Waals surface area contributed by atoms with Crippen LogP contribution >= 0.6 is 0 Å². The molecule has 3 aliphatic rings. The average molecular weight is 587 g/mol. The molecule has 0 aromatic heterocycles. The zero-order chi connectivity index (χ0) is 29.8. The summed E-state index contributed by atoms with van der Waals surface area (Å²) in [5.74, 6) is -0.490. The van der Waals surface area contributed by atoms with Crippen molar-refractivity contribution in [3.63, 3.8) is 0 Å². The number of aliphatic hydroxyl groups is 9. The van der Waals surface area contributed by atoms with E-state index in [1.165, 1.54) is 0 Å². The number of rotatable bonds is 7. The zero-order valence-electron chi connectivity index (χ0n) is 23.6. The molecule has 0 spiro atoms. The molecule has 13 nitrogen and oxygen atoms in total. The summed E-state index contributed by atoms with van der Waals surface area (Å²) in [6.45, 7) is 10.1. The number of hydrogen-bond donors (Lipinski definition) is 9. The van der Waals surface area contributed by atoms with Crippen molar-refractivity contribution in [3.05, 3.63) is 0 Å². The molecule has 0 aliphatic carbocycles. The van der Waals surface area contributed by atoms with E-state index in [2.05, 4.69) is 0 Å². The minimum atomic E-state index is -1.41. The minimum absolute atomic E-state index is 0. The topological polar surface area (TPSA) is 219 Å². The predicted octanol–water partition coefficient (Wildman–Crippen LogP) is -1.88. The van der Waals surface area contributed by atoms with Gasteiger partial charge in [0.25, 0.3) is 0 Å². The Morgan fingerprint density at radius 1 is 0.600 bits per heavy atom. The van der Waals surface area contributed by atoms with E-state index in [0.717, 1.165) is 0 Å². The van der Waals surface area contributed by atoms with Gasteiger partial charge < -0.3 is 64.9 Å². The first kappa shape index (κ1) is 37.5. The van der Waals surface area contributed by atoms with Crippen LogP contribution in [0.25, 0.3) is 0 Å². The molecule has 0 saturated carbocycles.